The molecule has 0 unspecified atom stereocenters. The van der Waals surface area contributed by atoms with Crippen molar-refractivity contribution in [2.24, 2.45) is 0 Å². The maximum Gasteiger partial charge on any atom is 0.416 e. The van der Waals surface area contributed by atoms with Crippen LogP contribution in [0.2, 0.25) is 0 Å². The Kier molecular flexibility index (Phi) is 5.27. The van der Waals surface area contributed by atoms with Gasteiger partial charge in [-0.05, 0) is 36.8 Å². The Morgan fingerprint density at radius 2 is 2.08 bits per heavy atom. The van der Waals surface area contributed by atoms with Crippen molar-refractivity contribution < 1.29 is 22.4 Å². The first-order chi connectivity index (χ1) is 11.9. The third kappa shape index (κ3) is 4.50. The highest BCUT2D eigenvalue weighted by molar-refractivity contribution is 7.99. The van der Waals surface area contributed by atoms with Crippen molar-refractivity contribution in [3.8, 4) is 0 Å². The summed E-state index contributed by atoms with van der Waals surface area (Å²) in [7, 11) is 0. The molecule has 4 nitrogen and oxygen atoms in total. The zero-order chi connectivity index (χ0) is 17.9. The molecule has 0 bridgehead atoms. The number of amides is 2. The predicted molar refractivity (Wildman–Crippen MR) is 90.6 cm³/mol. The molecule has 2 aromatic rings. The van der Waals surface area contributed by atoms with Crippen LogP contribution in [0, 0.1) is 0 Å². The fourth-order valence-corrected chi connectivity index (χ4v) is 3.83. The largest absolute Gasteiger partial charge is 0.468 e. The molecule has 3 rings (SSSR count). The van der Waals surface area contributed by atoms with E-state index in [-0.39, 0.29) is 17.0 Å². The second-order valence-electron chi connectivity index (χ2n) is 5.66. The summed E-state index contributed by atoms with van der Waals surface area (Å²) in [6.45, 7) is 1.05. The molecule has 134 valence electrons. The molecule has 0 spiro atoms. The van der Waals surface area contributed by atoms with E-state index in [1.165, 1.54) is 12.1 Å². The first-order valence-corrected chi connectivity index (χ1v) is 8.86. The van der Waals surface area contributed by atoms with Crippen molar-refractivity contribution >= 4 is 23.5 Å². The Morgan fingerprint density at radius 3 is 2.80 bits per heavy atom. The van der Waals surface area contributed by atoms with E-state index < -0.39 is 11.7 Å². The minimum atomic E-state index is -4.43. The summed E-state index contributed by atoms with van der Waals surface area (Å²) >= 11 is 1.71. The van der Waals surface area contributed by atoms with Crippen molar-refractivity contribution in [1.29, 1.82) is 0 Å². The topological polar surface area (TPSA) is 45.5 Å². The number of carbonyl (C=O) groups excluding carboxylic acids is 1. The normalized spacial score (nSPS) is 18.7. The van der Waals surface area contributed by atoms with E-state index in [0.29, 0.717) is 13.1 Å². The van der Waals surface area contributed by atoms with E-state index in [1.807, 2.05) is 12.1 Å². The van der Waals surface area contributed by atoms with E-state index in [2.05, 4.69) is 5.32 Å². The third-order valence-corrected chi connectivity index (χ3v) is 5.22. The molecular weight excluding hydrogens is 353 g/mol. The fourth-order valence-electron chi connectivity index (χ4n) is 2.65. The summed E-state index contributed by atoms with van der Waals surface area (Å²) in [5.41, 5.74) is -0.645. The molecule has 1 aromatic carbocycles. The summed E-state index contributed by atoms with van der Waals surface area (Å²) in [5.74, 6) is 1.62. The van der Waals surface area contributed by atoms with Crippen LogP contribution < -0.4 is 5.32 Å². The van der Waals surface area contributed by atoms with E-state index in [4.69, 9.17) is 4.42 Å². The first kappa shape index (κ1) is 17.7. The lowest BCUT2D eigenvalue weighted by Crippen LogP contribution is -2.36. The molecule has 1 fully saturated rings. The molecule has 1 atom stereocenters. The lowest BCUT2D eigenvalue weighted by molar-refractivity contribution is -0.137. The number of nitrogens with zero attached hydrogens (tertiary/aromatic N) is 1. The Morgan fingerprint density at radius 1 is 1.24 bits per heavy atom. The number of furan rings is 1. The molecule has 1 aliphatic rings. The van der Waals surface area contributed by atoms with Crippen LogP contribution in [0.25, 0.3) is 0 Å². The molecule has 0 aliphatic carbocycles. The highest BCUT2D eigenvalue weighted by Gasteiger charge is 2.30. The van der Waals surface area contributed by atoms with Gasteiger partial charge in [-0.25, -0.2) is 4.79 Å². The smallest absolute Gasteiger partial charge is 0.416 e. The van der Waals surface area contributed by atoms with Crippen LogP contribution in [0.5, 0.6) is 0 Å². The van der Waals surface area contributed by atoms with Gasteiger partial charge in [0.15, 0.2) is 0 Å². The van der Waals surface area contributed by atoms with Crippen molar-refractivity contribution in [3.63, 3.8) is 0 Å². The lowest BCUT2D eigenvalue weighted by Gasteiger charge is -2.21. The molecule has 1 aliphatic heterocycles. The number of benzene rings is 1. The van der Waals surface area contributed by atoms with Gasteiger partial charge in [-0.1, -0.05) is 6.07 Å². The standard InChI is InChI=1S/C17H17F3N2O2S/c18-17(19,20)12-3-1-4-13(11-12)21-16(23)22-7-6-15(25-10-8-22)14-5-2-9-24-14/h1-5,9,11,15H,6-8,10H2,(H,21,23)/t15-/m0/s1. The first-order valence-electron chi connectivity index (χ1n) is 7.81. The van der Waals surface area contributed by atoms with Crippen molar-refractivity contribution in [1.82, 2.24) is 4.90 Å². The zero-order valence-electron chi connectivity index (χ0n) is 13.3. The van der Waals surface area contributed by atoms with Crippen LogP contribution in [-0.4, -0.2) is 29.8 Å². The van der Waals surface area contributed by atoms with Gasteiger partial charge in [-0.2, -0.15) is 13.2 Å². The predicted octanol–water partition coefficient (Wildman–Crippen LogP) is 5.01. The number of carbonyl (C=O) groups is 1. The van der Waals surface area contributed by atoms with Crippen LogP contribution in [0.1, 0.15) is 23.0 Å². The quantitative estimate of drug-likeness (QED) is 0.808. The number of hydrogen-bond acceptors (Lipinski definition) is 3. The number of hydrogen-bond donors (Lipinski definition) is 1. The van der Waals surface area contributed by atoms with Gasteiger partial charge < -0.3 is 14.6 Å². The van der Waals surface area contributed by atoms with Crippen molar-refractivity contribution in [2.45, 2.75) is 17.8 Å². The number of rotatable bonds is 2. The molecule has 8 heteroatoms. The molecule has 2 heterocycles. The number of halogens is 3. The van der Waals surface area contributed by atoms with Gasteiger partial charge in [0.05, 0.1) is 17.1 Å². The average Bonchev–Trinajstić information content (AvgIpc) is 2.99. The van der Waals surface area contributed by atoms with Gasteiger partial charge in [0.2, 0.25) is 0 Å². The van der Waals surface area contributed by atoms with Gasteiger partial charge >= 0.3 is 12.2 Å². The Labute approximate surface area is 147 Å². The number of urea groups is 1. The maximum atomic E-state index is 12.8. The van der Waals surface area contributed by atoms with E-state index >= 15 is 0 Å². The molecular formula is C17H17F3N2O2S. The number of alkyl halides is 3. The van der Waals surface area contributed by atoms with E-state index in [9.17, 15) is 18.0 Å². The summed E-state index contributed by atoms with van der Waals surface area (Å²) in [6.07, 6.45) is -2.08. The second-order valence-corrected chi connectivity index (χ2v) is 6.97. The zero-order valence-corrected chi connectivity index (χ0v) is 14.1. The molecule has 25 heavy (non-hydrogen) atoms. The number of anilines is 1. The average molecular weight is 370 g/mol. The van der Waals surface area contributed by atoms with Crippen molar-refractivity contribution in [3.05, 3.63) is 54.0 Å². The van der Waals surface area contributed by atoms with Crippen LogP contribution in [0.15, 0.2) is 47.1 Å². The van der Waals surface area contributed by atoms with Gasteiger partial charge in [-0.15, -0.1) is 11.8 Å². The monoisotopic (exact) mass is 370 g/mol. The third-order valence-electron chi connectivity index (χ3n) is 3.93. The molecule has 1 saturated heterocycles. The van der Waals surface area contributed by atoms with Crippen LogP contribution in [-0.2, 0) is 6.18 Å². The minimum absolute atomic E-state index is 0.138. The van der Waals surface area contributed by atoms with Crippen LogP contribution in [0.3, 0.4) is 0 Å². The molecule has 1 aromatic heterocycles. The second kappa shape index (κ2) is 7.43. The minimum Gasteiger partial charge on any atom is -0.468 e. The number of nitrogens with one attached hydrogen (secondary N) is 1. The number of thioether (sulfide) groups is 1. The Balaban J connectivity index is 1.62. The molecule has 2 amide bonds. The Hall–Kier alpha value is -2.09. The summed E-state index contributed by atoms with van der Waals surface area (Å²) < 4.78 is 43.7. The molecule has 0 radical (unpaired) electrons. The van der Waals surface area contributed by atoms with Gasteiger partial charge in [0.25, 0.3) is 0 Å². The highest BCUT2D eigenvalue weighted by atomic mass is 32.2. The summed E-state index contributed by atoms with van der Waals surface area (Å²) in [4.78, 5) is 14.0. The fraction of sp³-hybridized carbons (Fsp3) is 0.353. The molecule has 0 saturated carbocycles. The molecule has 1 N–H and O–H groups in total. The Bertz CT molecular complexity index is 719. The summed E-state index contributed by atoms with van der Waals surface area (Å²) in [5, 5.41) is 2.74. The van der Waals surface area contributed by atoms with Crippen molar-refractivity contribution in [2.75, 3.05) is 24.2 Å². The summed E-state index contributed by atoms with van der Waals surface area (Å²) in [6, 6.07) is 8.01. The van der Waals surface area contributed by atoms with Crippen LogP contribution in [0.4, 0.5) is 23.7 Å². The van der Waals surface area contributed by atoms with Gasteiger partial charge in [0.1, 0.15) is 5.76 Å². The van der Waals surface area contributed by atoms with Crippen LogP contribution >= 0.6 is 11.8 Å². The highest BCUT2D eigenvalue weighted by Crippen LogP contribution is 2.35. The van der Waals surface area contributed by atoms with Gasteiger partial charge in [-0.3, -0.25) is 0 Å². The van der Waals surface area contributed by atoms with Gasteiger partial charge in [0, 0.05) is 24.5 Å². The maximum absolute atomic E-state index is 12.8. The van der Waals surface area contributed by atoms with E-state index in [0.717, 1.165) is 30.1 Å². The van der Waals surface area contributed by atoms with E-state index in [1.54, 1.807) is 22.9 Å². The lowest BCUT2D eigenvalue weighted by atomic mass is 10.2. The SMILES string of the molecule is O=C(Nc1cccc(C(F)(F)F)c1)N1CCS[C@H](c2ccco2)CC1.